The summed E-state index contributed by atoms with van der Waals surface area (Å²) in [5.41, 5.74) is -0.570. The minimum absolute atomic E-state index is 0.0551. The largest absolute Gasteiger partial charge is 0.444 e. The molecule has 0 radical (unpaired) electrons. The third-order valence-corrected chi connectivity index (χ3v) is 6.83. The second-order valence-corrected chi connectivity index (χ2v) is 10.1. The van der Waals surface area contributed by atoms with Crippen LogP contribution in [0.5, 0.6) is 0 Å². The van der Waals surface area contributed by atoms with E-state index in [1.807, 2.05) is 20.8 Å². The first-order valence-electron chi connectivity index (χ1n) is 10.2. The molecular formula is C22H24N2O6. The van der Waals surface area contributed by atoms with E-state index in [-0.39, 0.29) is 22.6 Å². The van der Waals surface area contributed by atoms with Crippen molar-refractivity contribution in [3.63, 3.8) is 0 Å². The maximum atomic E-state index is 12.7. The van der Waals surface area contributed by atoms with Crippen LogP contribution in [0.1, 0.15) is 60.7 Å². The predicted molar refractivity (Wildman–Crippen MR) is 103 cm³/mol. The van der Waals surface area contributed by atoms with Crippen LogP contribution in [0, 0.1) is 16.7 Å². The van der Waals surface area contributed by atoms with Crippen molar-refractivity contribution < 1.29 is 28.8 Å². The number of amides is 3. The quantitative estimate of drug-likeness (QED) is 0.709. The monoisotopic (exact) mass is 412 g/mol. The third-order valence-electron chi connectivity index (χ3n) is 6.83. The number of nitrogens with zero attached hydrogens (tertiary/aromatic N) is 2. The van der Waals surface area contributed by atoms with Crippen LogP contribution in [-0.4, -0.2) is 52.5 Å². The number of carbonyl (C=O) groups excluding carboxylic acids is 4. The van der Waals surface area contributed by atoms with Gasteiger partial charge in [-0.15, -0.1) is 0 Å². The van der Waals surface area contributed by atoms with Gasteiger partial charge in [0.15, 0.2) is 0 Å². The molecule has 158 valence electrons. The number of ether oxygens (including phenoxy) is 1. The number of hydrogen-bond donors (Lipinski definition) is 0. The summed E-state index contributed by atoms with van der Waals surface area (Å²) in [5.74, 6) is -1.37. The van der Waals surface area contributed by atoms with Gasteiger partial charge in [-0.3, -0.25) is 9.59 Å². The molecule has 8 heteroatoms. The van der Waals surface area contributed by atoms with Crippen LogP contribution in [0.3, 0.4) is 0 Å². The molecule has 0 atom stereocenters. The van der Waals surface area contributed by atoms with Gasteiger partial charge >= 0.3 is 12.1 Å². The average Bonchev–Trinajstić information content (AvgIpc) is 2.78. The summed E-state index contributed by atoms with van der Waals surface area (Å²) in [7, 11) is 0. The lowest BCUT2D eigenvalue weighted by atomic mass is 9.31. The standard InChI is InChI=1S/C22H24N2O6/c1-20(2,3)29-19(28)23-8-13(9-23)21-10-22(11-21,12-21)18(27)30-24-16(25)14-6-4-5-7-15(14)17(24)26/h4-7,13H,8-12H2,1-3H3. The fourth-order valence-electron chi connectivity index (χ4n) is 5.29. The van der Waals surface area contributed by atoms with E-state index in [9.17, 15) is 19.2 Å². The first-order valence-corrected chi connectivity index (χ1v) is 10.2. The highest BCUT2D eigenvalue weighted by Crippen LogP contribution is 2.77. The summed E-state index contributed by atoms with van der Waals surface area (Å²) in [5, 5.41) is 0.591. The van der Waals surface area contributed by atoms with E-state index < -0.39 is 28.8 Å². The van der Waals surface area contributed by atoms with Gasteiger partial charge in [0.1, 0.15) is 5.60 Å². The Bertz CT molecular complexity index is 933. The minimum atomic E-state index is -0.609. The van der Waals surface area contributed by atoms with Gasteiger partial charge in [-0.05, 0) is 57.6 Å². The van der Waals surface area contributed by atoms with Crippen molar-refractivity contribution in [2.24, 2.45) is 16.7 Å². The summed E-state index contributed by atoms with van der Waals surface area (Å²) in [6.07, 6.45) is 1.73. The molecule has 1 aromatic rings. The number of hydrogen-bond acceptors (Lipinski definition) is 6. The second-order valence-electron chi connectivity index (χ2n) is 10.1. The molecule has 2 heterocycles. The molecule has 1 aromatic carbocycles. The molecule has 4 fully saturated rings. The third kappa shape index (κ3) is 2.58. The minimum Gasteiger partial charge on any atom is -0.444 e. The Labute approximate surface area is 174 Å². The van der Waals surface area contributed by atoms with Crippen LogP contribution >= 0.6 is 0 Å². The number of fused-ring (bicyclic) bond motifs is 1. The number of benzene rings is 1. The van der Waals surface area contributed by atoms with Gasteiger partial charge in [-0.25, -0.2) is 9.59 Å². The van der Waals surface area contributed by atoms with Gasteiger partial charge in [0.2, 0.25) is 0 Å². The molecule has 6 rings (SSSR count). The number of likely N-dealkylation sites (tertiary alicyclic amines) is 1. The van der Waals surface area contributed by atoms with E-state index in [4.69, 9.17) is 9.57 Å². The molecule has 0 N–H and O–H groups in total. The normalized spacial score (nSPS) is 29.6. The van der Waals surface area contributed by atoms with Crippen molar-refractivity contribution in [1.29, 1.82) is 0 Å². The summed E-state index contributed by atoms with van der Waals surface area (Å²) >= 11 is 0. The van der Waals surface area contributed by atoms with E-state index in [1.165, 1.54) is 0 Å². The van der Waals surface area contributed by atoms with Crippen LogP contribution < -0.4 is 0 Å². The number of hydroxylamine groups is 2. The van der Waals surface area contributed by atoms with Gasteiger partial charge in [-0.2, -0.15) is 0 Å². The Morgan fingerprint density at radius 2 is 1.53 bits per heavy atom. The molecular weight excluding hydrogens is 388 g/mol. The van der Waals surface area contributed by atoms with Gasteiger partial charge < -0.3 is 14.5 Å². The van der Waals surface area contributed by atoms with E-state index in [0.29, 0.717) is 43.3 Å². The molecule has 0 spiro atoms. The van der Waals surface area contributed by atoms with Gasteiger partial charge in [0.05, 0.1) is 16.5 Å². The second kappa shape index (κ2) is 5.83. The van der Waals surface area contributed by atoms with Crippen molar-refractivity contribution >= 4 is 23.9 Å². The molecule has 8 nitrogen and oxygen atoms in total. The maximum Gasteiger partial charge on any atom is 0.410 e. The highest BCUT2D eigenvalue weighted by Gasteiger charge is 2.76. The molecule has 3 saturated carbocycles. The Morgan fingerprint density at radius 3 is 2.03 bits per heavy atom. The molecule has 0 aromatic heterocycles. The topological polar surface area (TPSA) is 93.2 Å². The van der Waals surface area contributed by atoms with Gasteiger partial charge in [-0.1, -0.05) is 17.2 Å². The van der Waals surface area contributed by atoms with E-state index >= 15 is 0 Å². The summed E-state index contributed by atoms with van der Waals surface area (Å²) in [6.45, 7) is 6.80. The van der Waals surface area contributed by atoms with Crippen molar-refractivity contribution in [2.45, 2.75) is 45.6 Å². The van der Waals surface area contributed by atoms with Crippen molar-refractivity contribution in [3.8, 4) is 0 Å². The molecule has 0 unspecified atom stereocenters. The highest BCUT2D eigenvalue weighted by atomic mass is 16.7. The first-order chi connectivity index (χ1) is 14.0. The van der Waals surface area contributed by atoms with Crippen LogP contribution in [0.15, 0.2) is 24.3 Å². The van der Waals surface area contributed by atoms with Crippen LogP contribution in [0.4, 0.5) is 4.79 Å². The summed E-state index contributed by atoms with van der Waals surface area (Å²) < 4.78 is 5.39. The molecule has 30 heavy (non-hydrogen) atoms. The Morgan fingerprint density at radius 1 is 1.00 bits per heavy atom. The van der Waals surface area contributed by atoms with Crippen molar-refractivity contribution in [3.05, 3.63) is 35.4 Å². The Hall–Kier alpha value is -2.90. The van der Waals surface area contributed by atoms with E-state index in [1.54, 1.807) is 29.2 Å². The Balaban J connectivity index is 1.15. The summed E-state index contributed by atoms with van der Waals surface area (Å²) in [6, 6.07) is 6.43. The summed E-state index contributed by atoms with van der Waals surface area (Å²) in [4.78, 5) is 56.6. The van der Waals surface area contributed by atoms with Crippen LogP contribution in [0.25, 0.3) is 0 Å². The van der Waals surface area contributed by atoms with E-state index in [0.717, 1.165) is 0 Å². The lowest BCUT2D eigenvalue weighted by molar-refractivity contribution is -0.271. The number of carbonyl (C=O) groups is 4. The van der Waals surface area contributed by atoms with Crippen LogP contribution in [-0.2, 0) is 14.4 Å². The number of rotatable bonds is 3. The zero-order valence-corrected chi connectivity index (χ0v) is 17.3. The lowest BCUT2D eigenvalue weighted by Crippen LogP contribution is -2.73. The fraction of sp³-hybridized carbons (Fsp3) is 0.545. The molecule has 2 bridgehead atoms. The molecule has 5 aliphatic rings. The van der Waals surface area contributed by atoms with E-state index in [2.05, 4.69) is 0 Å². The SMILES string of the molecule is CC(C)(C)OC(=O)N1CC(C23CC(C(=O)ON4C(=O)c5ccccc5C4=O)(C2)C3)C1. The van der Waals surface area contributed by atoms with Crippen molar-refractivity contribution in [1.82, 2.24) is 9.96 Å². The molecule has 2 aliphatic heterocycles. The van der Waals surface area contributed by atoms with Crippen LogP contribution in [0.2, 0.25) is 0 Å². The Kier molecular flexibility index (Phi) is 3.71. The highest BCUT2D eigenvalue weighted by molar-refractivity contribution is 6.21. The number of imide groups is 1. The maximum absolute atomic E-state index is 12.7. The zero-order valence-electron chi connectivity index (χ0n) is 17.3. The smallest absolute Gasteiger partial charge is 0.410 e. The first kappa shape index (κ1) is 19.1. The lowest BCUT2D eigenvalue weighted by Gasteiger charge is -2.73. The van der Waals surface area contributed by atoms with Crippen molar-refractivity contribution in [2.75, 3.05) is 13.1 Å². The average molecular weight is 412 g/mol. The molecule has 3 amide bonds. The zero-order chi connectivity index (χ0) is 21.5. The van der Waals surface area contributed by atoms with Gasteiger partial charge in [0, 0.05) is 19.0 Å². The molecule has 3 aliphatic carbocycles. The van der Waals surface area contributed by atoms with Gasteiger partial charge in [0.25, 0.3) is 11.8 Å². The predicted octanol–water partition coefficient (Wildman–Crippen LogP) is 2.78. The molecule has 1 saturated heterocycles. The fourth-order valence-corrected chi connectivity index (χ4v) is 5.29.